The maximum atomic E-state index is 10.9. The monoisotopic (exact) mass is 327 g/mol. The predicted molar refractivity (Wildman–Crippen MR) is 78.8 cm³/mol. The highest BCUT2D eigenvalue weighted by molar-refractivity contribution is 6.33. The molecule has 0 unspecified atom stereocenters. The second-order valence-corrected chi connectivity index (χ2v) is 4.34. The van der Waals surface area contributed by atoms with Crippen molar-refractivity contribution in [2.45, 2.75) is 40.5 Å². The van der Waals surface area contributed by atoms with Crippen LogP contribution in [0.25, 0.3) is 0 Å². The second-order valence-electron chi connectivity index (χ2n) is 4.34. The molecular formula is C15H21NO7. The van der Waals surface area contributed by atoms with E-state index in [0.29, 0.717) is 12.4 Å². The largest absolute Gasteiger partial charge is 0.460 e. The molecule has 0 amide bonds. The van der Waals surface area contributed by atoms with Gasteiger partial charge in [0.1, 0.15) is 11.5 Å². The number of ether oxygens (including phenoxy) is 2. The minimum Gasteiger partial charge on any atom is -0.460 e. The third kappa shape index (κ3) is 9.18. The molecule has 128 valence electrons. The number of hydrogen-bond acceptors (Lipinski definition) is 8. The first-order valence-corrected chi connectivity index (χ1v) is 7.10. The van der Waals surface area contributed by atoms with E-state index in [-0.39, 0.29) is 31.1 Å². The van der Waals surface area contributed by atoms with Crippen LogP contribution in [0, 0.1) is 6.92 Å². The van der Waals surface area contributed by atoms with E-state index < -0.39 is 17.7 Å². The van der Waals surface area contributed by atoms with Gasteiger partial charge in [-0.3, -0.25) is 4.79 Å². The topological polar surface area (TPSA) is 113 Å². The van der Waals surface area contributed by atoms with Gasteiger partial charge < -0.3 is 18.7 Å². The number of aromatic nitrogens is 1. The van der Waals surface area contributed by atoms with E-state index in [1.165, 1.54) is 13.1 Å². The zero-order valence-corrected chi connectivity index (χ0v) is 13.7. The van der Waals surface area contributed by atoms with Crippen molar-refractivity contribution in [1.29, 1.82) is 0 Å². The Morgan fingerprint density at radius 1 is 1.09 bits per heavy atom. The van der Waals surface area contributed by atoms with Crippen molar-refractivity contribution in [3.05, 3.63) is 17.8 Å². The molecule has 0 radical (unpaired) electrons. The lowest BCUT2D eigenvalue weighted by atomic mass is 10.2. The molecule has 1 aromatic heterocycles. The molecule has 1 heterocycles. The van der Waals surface area contributed by atoms with Crippen LogP contribution < -0.4 is 0 Å². The number of aryl methyl sites for hydroxylation is 1. The summed E-state index contributed by atoms with van der Waals surface area (Å²) < 4.78 is 14.0. The number of carbonyl (C=O) groups excluding carboxylic acids is 4. The Morgan fingerprint density at radius 3 is 2.13 bits per heavy atom. The summed E-state index contributed by atoms with van der Waals surface area (Å²) in [5.41, 5.74) is 0. The van der Waals surface area contributed by atoms with Gasteiger partial charge >= 0.3 is 17.8 Å². The van der Waals surface area contributed by atoms with Crippen LogP contribution in [0.1, 0.15) is 50.1 Å². The molecular weight excluding hydrogens is 306 g/mol. The number of ketones is 2. The van der Waals surface area contributed by atoms with Crippen molar-refractivity contribution in [2.24, 2.45) is 0 Å². The summed E-state index contributed by atoms with van der Waals surface area (Å²) in [6.07, 6.45) is 1.54. The van der Waals surface area contributed by atoms with E-state index in [4.69, 9.17) is 4.42 Å². The Labute approximate surface area is 134 Å². The SMILES string of the molecule is CCOC(=O)C(=O)CCC(C)=O.CCOC(=O)c1ncc(C)o1. The molecule has 8 heteroatoms. The lowest BCUT2D eigenvalue weighted by Gasteiger charge is -1.98. The van der Waals surface area contributed by atoms with Gasteiger partial charge in [0.05, 0.1) is 19.4 Å². The number of hydrogen-bond donors (Lipinski definition) is 0. The van der Waals surface area contributed by atoms with Gasteiger partial charge in [0.15, 0.2) is 0 Å². The highest BCUT2D eigenvalue weighted by atomic mass is 16.5. The molecule has 0 saturated carbocycles. The Balaban J connectivity index is 0.000000422. The summed E-state index contributed by atoms with van der Waals surface area (Å²) in [4.78, 5) is 46.5. The number of oxazole rings is 1. The van der Waals surface area contributed by atoms with E-state index in [9.17, 15) is 19.2 Å². The first-order chi connectivity index (χ1) is 10.8. The van der Waals surface area contributed by atoms with Gasteiger partial charge in [-0.2, -0.15) is 0 Å². The van der Waals surface area contributed by atoms with Gasteiger partial charge in [-0.1, -0.05) is 0 Å². The van der Waals surface area contributed by atoms with Gasteiger partial charge in [-0.25, -0.2) is 14.6 Å². The summed E-state index contributed by atoms with van der Waals surface area (Å²) in [6, 6.07) is 0. The summed E-state index contributed by atoms with van der Waals surface area (Å²) >= 11 is 0. The van der Waals surface area contributed by atoms with E-state index >= 15 is 0 Å². The van der Waals surface area contributed by atoms with Gasteiger partial charge in [-0.05, 0) is 27.7 Å². The average Bonchev–Trinajstić information content (AvgIpc) is 2.92. The van der Waals surface area contributed by atoms with Crippen LogP contribution in [0.4, 0.5) is 0 Å². The Kier molecular flexibility index (Phi) is 9.90. The van der Waals surface area contributed by atoms with E-state index in [0.717, 1.165) is 0 Å². The van der Waals surface area contributed by atoms with Crippen LogP contribution in [-0.4, -0.2) is 41.7 Å². The summed E-state index contributed by atoms with van der Waals surface area (Å²) in [5.74, 6) is -1.48. The third-order valence-corrected chi connectivity index (χ3v) is 2.28. The fraction of sp³-hybridized carbons (Fsp3) is 0.533. The predicted octanol–water partition coefficient (Wildman–Crippen LogP) is 1.65. The van der Waals surface area contributed by atoms with Crippen LogP contribution in [-0.2, 0) is 23.9 Å². The number of nitrogens with zero attached hydrogens (tertiary/aromatic N) is 1. The lowest BCUT2D eigenvalue weighted by Crippen LogP contribution is -2.17. The van der Waals surface area contributed by atoms with Crippen LogP contribution in [0.15, 0.2) is 10.6 Å². The van der Waals surface area contributed by atoms with E-state index in [2.05, 4.69) is 14.5 Å². The van der Waals surface area contributed by atoms with Crippen LogP contribution >= 0.6 is 0 Å². The fourth-order valence-corrected chi connectivity index (χ4v) is 1.25. The van der Waals surface area contributed by atoms with Crippen LogP contribution in [0.3, 0.4) is 0 Å². The zero-order chi connectivity index (χ0) is 17.8. The van der Waals surface area contributed by atoms with Gasteiger partial charge in [-0.15, -0.1) is 0 Å². The van der Waals surface area contributed by atoms with Crippen molar-refractivity contribution in [3.8, 4) is 0 Å². The minimum atomic E-state index is -0.848. The smallest absolute Gasteiger partial charge is 0.394 e. The standard InChI is InChI=1S/C8H12O4.C7H9NO3/c1-3-12-8(11)7(10)5-4-6(2)9;1-3-10-7(9)6-8-4-5(2)11-6/h3-5H2,1-2H3;4H,3H2,1-2H3. The summed E-state index contributed by atoms with van der Waals surface area (Å²) in [5, 5.41) is 0. The molecule has 0 atom stereocenters. The van der Waals surface area contributed by atoms with Crippen molar-refractivity contribution in [2.75, 3.05) is 13.2 Å². The third-order valence-electron chi connectivity index (χ3n) is 2.28. The molecule has 0 spiro atoms. The first-order valence-electron chi connectivity index (χ1n) is 7.10. The highest BCUT2D eigenvalue weighted by Gasteiger charge is 2.14. The molecule has 23 heavy (non-hydrogen) atoms. The quantitative estimate of drug-likeness (QED) is 0.548. The van der Waals surface area contributed by atoms with Gasteiger partial charge in [0.2, 0.25) is 5.78 Å². The Hall–Kier alpha value is -2.51. The van der Waals surface area contributed by atoms with Gasteiger partial charge in [0.25, 0.3) is 0 Å². The molecule has 0 N–H and O–H groups in total. The normalized spacial score (nSPS) is 9.39. The maximum Gasteiger partial charge on any atom is 0.394 e. The lowest BCUT2D eigenvalue weighted by molar-refractivity contribution is -0.153. The number of carbonyl (C=O) groups is 4. The molecule has 0 aliphatic carbocycles. The first kappa shape index (κ1) is 20.5. The van der Waals surface area contributed by atoms with Crippen molar-refractivity contribution in [1.82, 2.24) is 4.98 Å². The molecule has 0 aromatic carbocycles. The molecule has 8 nitrogen and oxygen atoms in total. The average molecular weight is 327 g/mol. The van der Waals surface area contributed by atoms with Crippen molar-refractivity contribution in [3.63, 3.8) is 0 Å². The fourth-order valence-electron chi connectivity index (χ4n) is 1.25. The van der Waals surface area contributed by atoms with E-state index in [1.807, 2.05) is 0 Å². The van der Waals surface area contributed by atoms with Crippen LogP contribution in [0.5, 0.6) is 0 Å². The van der Waals surface area contributed by atoms with Crippen molar-refractivity contribution < 1.29 is 33.1 Å². The zero-order valence-electron chi connectivity index (χ0n) is 13.7. The molecule has 0 aliphatic rings. The minimum absolute atomic E-state index is 0.0179. The Morgan fingerprint density at radius 2 is 1.70 bits per heavy atom. The molecule has 0 fully saturated rings. The molecule has 1 rings (SSSR count). The molecule has 0 aliphatic heterocycles. The van der Waals surface area contributed by atoms with Crippen LogP contribution in [0.2, 0.25) is 0 Å². The number of esters is 2. The number of rotatable bonds is 7. The number of Topliss-reactive ketones (excluding diaryl/α,β-unsaturated/α-hetero) is 2. The Bertz CT molecular complexity index is 548. The van der Waals surface area contributed by atoms with Gasteiger partial charge in [0, 0.05) is 12.8 Å². The maximum absolute atomic E-state index is 10.9. The molecule has 0 bridgehead atoms. The van der Waals surface area contributed by atoms with Crippen molar-refractivity contribution >= 4 is 23.5 Å². The second kappa shape index (κ2) is 11.1. The summed E-state index contributed by atoms with van der Waals surface area (Å²) in [6.45, 7) is 6.96. The van der Waals surface area contributed by atoms with E-state index in [1.54, 1.807) is 20.8 Å². The molecule has 1 aromatic rings. The summed E-state index contributed by atoms with van der Waals surface area (Å²) in [7, 11) is 0. The molecule has 0 saturated heterocycles. The highest BCUT2D eigenvalue weighted by Crippen LogP contribution is 2.02.